The van der Waals surface area contributed by atoms with E-state index in [2.05, 4.69) is 63.4 Å². The van der Waals surface area contributed by atoms with Gasteiger partial charge in [0.25, 0.3) is 0 Å². The molecule has 13 heavy (non-hydrogen) atoms. The zero-order valence-electron chi connectivity index (χ0n) is 7.56. The van der Waals surface area contributed by atoms with Crippen LogP contribution in [0.1, 0.15) is 29.7 Å². The lowest BCUT2D eigenvalue weighted by Gasteiger charge is -2.10. The van der Waals surface area contributed by atoms with Crippen molar-refractivity contribution >= 4 is 45.2 Å². The van der Waals surface area contributed by atoms with Gasteiger partial charge < -0.3 is 5.73 Å². The number of hydrogen-bond donors (Lipinski definition) is 1. The molecule has 0 amide bonds. The Kier molecular flexibility index (Phi) is 4.96. The highest BCUT2D eigenvalue weighted by Gasteiger charge is 2.04. The highest BCUT2D eigenvalue weighted by Crippen LogP contribution is 2.20. The summed E-state index contributed by atoms with van der Waals surface area (Å²) in [6.07, 6.45) is 0. The molecule has 1 rings (SSSR count). The molecule has 0 aliphatic rings. The van der Waals surface area contributed by atoms with Crippen LogP contribution in [-0.2, 0) is 8.86 Å². The van der Waals surface area contributed by atoms with Crippen LogP contribution < -0.4 is 5.73 Å². The fourth-order valence-corrected chi connectivity index (χ4v) is 2.64. The number of alkyl halides is 2. The minimum Gasteiger partial charge on any atom is -0.324 e. The summed E-state index contributed by atoms with van der Waals surface area (Å²) >= 11 is 4.79. The van der Waals surface area contributed by atoms with Gasteiger partial charge in [-0.05, 0) is 23.6 Å². The largest absolute Gasteiger partial charge is 0.324 e. The van der Waals surface area contributed by atoms with Crippen LogP contribution in [0.15, 0.2) is 18.2 Å². The van der Waals surface area contributed by atoms with Crippen molar-refractivity contribution in [3.63, 3.8) is 0 Å². The minimum absolute atomic E-state index is 0.143. The highest BCUT2D eigenvalue weighted by molar-refractivity contribution is 14.1. The summed E-state index contributed by atoms with van der Waals surface area (Å²) in [7, 11) is 0. The van der Waals surface area contributed by atoms with Crippen molar-refractivity contribution in [3.05, 3.63) is 34.9 Å². The van der Waals surface area contributed by atoms with Crippen LogP contribution in [0, 0.1) is 0 Å². The van der Waals surface area contributed by atoms with Gasteiger partial charge in [-0.1, -0.05) is 63.4 Å². The Hall–Kier alpha value is 0.640. The molecule has 1 nitrogen and oxygen atoms in total. The molecule has 0 saturated heterocycles. The third-order valence-corrected chi connectivity index (χ3v) is 3.69. The average molecular weight is 401 g/mol. The first kappa shape index (κ1) is 11.7. The van der Waals surface area contributed by atoms with E-state index in [1.807, 2.05) is 6.92 Å². The van der Waals surface area contributed by atoms with Crippen molar-refractivity contribution in [2.24, 2.45) is 5.73 Å². The Morgan fingerprint density at radius 2 is 1.85 bits per heavy atom. The second-order valence-electron chi connectivity index (χ2n) is 3.08. The molecule has 0 aromatic heterocycles. The quantitative estimate of drug-likeness (QED) is 0.609. The van der Waals surface area contributed by atoms with E-state index in [1.165, 1.54) is 16.7 Å². The summed E-state index contributed by atoms with van der Waals surface area (Å²) in [4.78, 5) is 0. The monoisotopic (exact) mass is 401 g/mol. The van der Waals surface area contributed by atoms with E-state index in [9.17, 15) is 0 Å². The highest BCUT2D eigenvalue weighted by atomic mass is 127. The van der Waals surface area contributed by atoms with Crippen molar-refractivity contribution in [1.29, 1.82) is 0 Å². The first-order valence-electron chi connectivity index (χ1n) is 4.18. The van der Waals surface area contributed by atoms with Crippen molar-refractivity contribution in [3.8, 4) is 0 Å². The Balaban J connectivity index is 3.05. The van der Waals surface area contributed by atoms with Gasteiger partial charge in [0, 0.05) is 14.9 Å². The Morgan fingerprint density at radius 1 is 1.23 bits per heavy atom. The second kappa shape index (κ2) is 5.50. The number of hydrogen-bond acceptors (Lipinski definition) is 1. The van der Waals surface area contributed by atoms with Crippen LogP contribution in [0.3, 0.4) is 0 Å². The summed E-state index contributed by atoms with van der Waals surface area (Å²) in [6, 6.07) is 6.70. The fourth-order valence-electron chi connectivity index (χ4n) is 1.18. The van der Waals surface area contributed by atoms with Gasteiger partial charge in [-0.15, -0.1) is 0 Å². The number of rotatable bonds is 3. The van der Waals surface area contributed by atoms with E-state index >= 15 is 0 Å². The third-order valence-electron chi connectivity index (χ3n) is 2.04. The second-order valence-corrected chi connectivity index (χ2v) is 4.61. The maximum Gasteiger partial charge on any atom is 0.0266 e. The van der Waals surface area contributed by atoms with E-state index in [0.29, 0.717) is 0 Å². The fraction of sp³-hybridized carbons (Fsp3) is 0.400. The summed E-state index contributed by atoms with van der Waals surface area (Å²) in [5.41, 5.74) is 9.91. The number of halogens is 2. The van der Waals surface area contributed by atoms with Gasteiger partial charge in [0.1, 0.15) is 0 Å². The van der Waals surface area contributed by atoms with Gasteiger partial charge in [-0.3, -0.25) is 0 Å². The van der Waals surface area contributed by atoms with Crippen molar-refractivity contribution in [2.45, 2.75) is 21.8 Å². The molecule has 0 aliphatic carbocycles. The lowest BCUT2D eigenvalue weighted by Crippen LogP contribution is -2.05. The van der Waals surface area contributed by atoms with E-state index in [1.54, 1.807) is 0 Å². The topological polar surface area (TPSA) is 26.0 Å². The molecule has 0 radical (unpaired) electrons. The van der Waals surface area contributed by atoms with Crippen LogP contribution in [-0.4, -0.2) is 0 Å². The van der Waals surface area contributed by atoms with Crippen LogP contribution >= 0.6 is 45.2 Å². The lowest BCUT2D eigenvalue weighted by molar-refractivity contribution is 0.816. The van der Waals surface area contributed by atoms with Gasteiger partial charge in [-0.25, -0.2) is 0 Å². The van der Waals surface area contributed by atoms with E-state index in [0.717, 1.165) is 8.86 Å². The Morgan fingerprint density at radius 3 is 2.31 bits per heavy atom. The molecule has 0 fully saturated rings. The summed E-state index contributed by atoms with van der Waals surface area (Å²) in [5, 5.41) is 0. The Bertz CT molecular complexity index is 284. The smallest absolute Gasteiger partial charge is 0.0266 e. The summed E-state index contributed by atoms with van der Waals surface area (Å²) in [5.74, 6) is 0. The zero-order valence-corrected chi connectivity index (χ0v) is 11.9. The van der Waals surface area contributed by atoms with Crippen LogP contribution in [0.4, 0.5) is 0 Å². The predicted octanol–water partition coefficient (Wildman–Crippen LogP) is 3.58. The lowest BCUT2D eigenvalue weighted by atomic mass is 10.0. The molecule has 1 aromatic carbocycles. The van der Waals surface area contributed by atoms with Crippen molar-refractivity contribution in [1.82, 2.24) is 0 Å². The van der Waals surface area contributed by atoms with E-state index < -0.39 is 0 Å². The molecule has 1 aromatic rings. The number of benzene rings is 1. The van der Waals surface area contributed by atoms with Gasteiger partial charge in [0.05, 0.1) is 0 Å². The zero-order chi connectivity index (χ0) is 9.84. The Labute approximate surface area is 107 Å². The minimum atomic E-state index is 0.143. The number of nitrogens with two attached hydrogens (primary N) is 1. The van der Waals surface area contributed by atoms with Gasteiger partial charge in [0.15, 0.2) is 0 Å². The molecular formula is C10H13I2N. The molecule has 2 N–H and O–H groups in total. The molecule has 0 heterocycles. The maximum absolute atomic E-state index is 5.82. The SMILES string of the molecule is C[C@H](N)c1ccc(CI)c(CI)c1. The molecule has 3 heteroatoms. The molecule has 1 atom stereocenters. The van der Waals surface area contributed by atoms with Crippen LogP contribution in [0.5, 0.6) is 0 Å². The molecule has 0 unspecified atom stereocenters. The van der Waals surface area contributed by atoms with E-state index in [-0.39, 0.29) is 6.04 Å². The van der Waals surface area contributed by atoms with Gasteiger partial charge in [-0.2, -0.15) is 0 Å². The third kappa shape index (κ3) is 3.06. The molecule has 0 aliphatic heterocycles. The first-order valence-corrected chi connectivity index (χ1v) is 7.23. The standard InChI is InChI=1S/C10H13I2N/c1-7(13)8-2-3-9(5-11)10(4-8)6-12/h2-4,7H,5-6,13H2,1H3/t7-/m0/s1. The van der Waals surface area contributed by atoms with Gasteiger partial charge in [0.2, 0.25) is 0 Å². The van der Waals surface area contributed by atoms with Crippen molar-refractivity contribution < 1.29 is 0 Å². The molecule has 72 valence electrons. The van der Waals surface area contributed by atoms with Crippen LogP contribution in [0.25, 0.3) is 0 Å². The molecule has 0 bridgehead atoms. The molecule has 0 saturated carbocycles. The average Bonchev–Trinajstić information content (AvgIpc) is 2.16. The maximum atomic E-state index is 5.82. The summed E-state index contributed by atoms with van der Waals surface area (Å²) < 4.78 is 2.14. The molecular weight excluding hydrogens is 388 g/mol. The van der Waals surface area contributed by atoms with Crippen molar-refractivity contribution in [2.75, 3.05) is 0 Å². The summed E-state index contributed by atoms with van der Waals surface area (Å²) in [6.45, 7) is 2.02. The van der Waals surface area contributed by atoms with Crippen LogP contribution in [0.2, 0.25) is 0 Å². The molecule has 0 spiro atoms. The van der Waals surface area contributed by atoms with E-state index in [4.69, 9.17) is 5.73 Å². The normalized spacial score (nSPS) is 12.9. The van der Waals surface area contributed by atoms with Gasteiger partial charge >= 0.3 is 0 Å². The first-order chi connectivity index (χ1) is 6.19. The predicted molar refractivity (Wildman–Crippen MR) is 74.5 cm³/mol.